The fourth-order valence-corrected chi connectivity index (χ4v) is 3.29. The first kappa shape index (κ1) is 20.5. The lowest BCUT2D eigenvalue weighted by Gasteiger charge is -2.28. The van der Waals surface area contributed by atoms with E-state index in [1.807, 2.05) is 0 Å². The molecule has 3 aromatic rings. The zero-order valence-corrected chi connectivity index (χ0v) is 16.1. The molecule has 2 aromatic heterocycles. The van der Waals surface area contributed by atoms with E-state index >= 15 is 0 Å². The lowest BCUT2D eigenvalue weighted by molar-refractivity contribution is 0.0995. The molecule has 0 saturated carbocycles. The largest absolute Gasteiger partial charge is 0.378 e. The van der Waals surface area contributed by atoms with E-state index < -0.39 is 28.9 Å². The molecule has 11 heteroatoms. The molecule has 0 radical (unpaired) electrons. The summed E-state index contributed by atoms with van der Waals surface area (Å²) in [6.07, 6.45) is 2.40. The van der Waals surface area contributed by atoms with Gasteiger partial charge < -0.3 is 20.7 Å². The molecule has 0 aliphatic carbocycles. The van der Waals surface area contributed by atoms with Gasteiger partial charge in [0.15, 0.2) is 11.5 Å². The minimum Gasteiger partial charge on any atom is -0.378 e. The Labute approximate surface area is 174 Å². The molecule has 1 aliphatic heterocycles. The Morgan fingerprint density at radius 1 is 1.10 bits per heavy atom. The smallest absolute Gasteiger partial charge is 0.271 e. The number of morpholine rings is 1. The number of hydrogen-bond acceptors (Lipinski definition) is 7. The highest BCUT2D eigenvalue weighted by Crippen LogP contribution is 2.35. The molecule has 0 atom stereocenters. The van der Waals surface area contributed by atoms with Crippen LogP contribution in [0, 0.1) is 17.5 Å². The molecule has 31 heavy (non-hydrogen) atoms. The molecular formula is C20H17F3N6O2. The highest BCUT2D eigenvalue weighted by atomic mass is 19.1. The number of rotatable bonds is 5. The first-order chi connectivity index (χ1) is 15.0. The van der Waals surface area contributed by atoms with Crippen molar-refractivity contribution in [3.05, 3.63) is 59.8 Å². The summed E-state index contributed by atoms with van der Waals surface area (Å²) in [5, 5.41) is 10.00. The predicted octanol–water partition coefficient (Wildman–Crippen LogP) is 2.64. The maximum absolute atomic E-state index is 14.7. The molecule has 0 unspecified atom stereocenters. The first-order valence-electron chi connectivity index (χ1n) is 9.31. The van der Waals surface area contributed by atoms with Crippen LogP contribution < -0.4 is 16.0 Å². The van der Waals surface area contributed by atoms with E-state index in [-0.39, 0.29) is 28.5 Å². The molecule has 8 nitrogen and oxygen atoms in total. The summed E-state index contributed by atoms with van der Waals surface area (Å²) in [4.78, 5) is 17.8. The number of primary amides is 1. The van der Waals surface area contributed by atoms with Gasteiger partial charge in [-0.2, -0.15) is 5.10 Å². The first-order valence-corrected chi connectivity index (χ1v) is 9.31. The average Bonchev–Trinajstić information content (AvgIpc) is 2.75. The summed E-state index contributed by atoms with van der Waals surface area (Å²) in [7, 11) is 0. The van der Waals surface area contributed by atoms with Crippen molar-refractivity contribution in [2.75, 3.05) is 36.5 Å². The van der Waals surface area contributed by atoms with Gasteiger partial charge in [-0.3, -0.25) is 4.79 Å². The molecule has 3 heterocycles. The number of anilines is 3. The van der Waals surface area contributed by atoms with Crippen LogP contribution in [-0.4, -0.2) is 47.4 Å². The molecule has 1 aliphatic rings. The standard InChI is InChI=1S/C20H17F3N6O2/c21-12-2-1-3-13(22)17(12)11-9-26-28-19(20(24)30)18(11)27-16-8-14(23)15(10-25-16)29-4-6-31-7-5-29/h1-3,8-10H,4-7H2,(H2,24,30)(H,25,26,27). The number of halogens is 3. The van der Waals surface area contributed by atoms with E-state index in [0.29, 0.717) is 26.3 Å². The third-order valence-electron chi connectivity index (χ3n) is 4.76. The van der Waals surface area contributed by atoms with E-state index in [2.05, 4.69) is 20.5 Å². The lowest BCUT2D eigenvalue weighted by Crippen LogP contribution is -2.36. The average molecular weight is 430 g/mol. The van der Waals surface area contributed by atoms with Gasteiger partial charge in [-0.1, -0.05) is 6.07 Å². The monoisotopic (exact) mass is 430 g/mol. The molecule has 1 amide bonds. The van der Waals surface area contributed by atoms with Crippen LogP contribution in [0.15, 0.2) is 36.7 Å². The van der Waals surface area contributed by atoms with E-state index in [1.165, 1.54) is 12.3 Å². The Morgan fingerprint density at radius 2 is 1.81 bits per heavy atom. The third-order valence-corrected chi connectivity index (χ3v) is 4.76. The van der Waals surface area contributed by atoms with Gasteiger partial charge in [-0.05, 0) is 12.1 Å². The van der Waals surface area contributed by atoms with Gasteiger partial charge in [-0.25, -0.2) is 18.2 Å². The topological polar surface area (TPSA) is 106 Å². The molecule has 1 saturated heterocycles. The van der Waals surface area contributed by atoms with Gasteiger partial charge in [0.1, 0.15) is 17.5 Å². The second-order valence-electron chi connectivity index (χ2n) is 6.69. The van der Waals surface area contributed by atoms with Crippen molar-refractivity contribution < 1.29 is 22.7 Å². The fraction of sp³-hybridized carbons (Fsp3) is 0.200. The number of amides is 1. The zero-order chi connectivity index (χ0) is 22.0. The SMILES string of the molecule is NC(=O)c1nncc(-c2c(F)cccc2F)c1Nc1cc(F)c(N2CCOCC2)cn1. The molecule has 4 rings (SSSR count). The highest BCUT2D eigenvalue weighted by molar-refractivity contribution is 6.01. The van der Waals surface area contributed by atoms with E-state index in [0.717, 1.165) is 24.4 Å². The second kappa shape index (κ2) is 8.56. The summed E-state index contributed by atoms with van der Waals surface area (Å²) in [6, 6.07) is 4.42. The van der Waals surface area contributed by atoms with Gasteiger partial charge in [0.2, 0.25) is 0 Å². The Kier molecular flexibility index (Phi) is 5.67. The maximum atomic E-state index is 14.7. The van der Waals surface area contributed by atoms with Crippen LogP contribution in [0.2, 0.25) is 0 Å². The van der Waals surface area contributed by atoms with Gasteiger partial charge in [0.25, 0.3) is 5.91 Å². The molecule has 0 spiro atoms. The van der Waals surface area contributed by atoms with Crippen molar-refractivity contribution in [2.24, 2.45) is 5.73 Å². The number of carbonyl (C=O) groups is 1. The van der Waals surface area contributed by atoms with Crippen LogP contribution >= 0.6 is 0 Å². The van der Waals surface area contributed by atoms with E-state index in [1.54, 1.807) is 4.90 Å². The van der Waals surface area contributed by atoms with E-state index in [9.17, 15) is 18.0 Å². The number of pyridine rings is 1. The summed E-state index contributed by atoms with van der Waals surface area (Å²) in [6.45, 7) is 1.98. The number of ether oxygens (including phenoxy) is 1. The van der Waals surface area contributed by atoms with Crippen LogP contribution in [0.5, 0.6) is 0 Å². The highest BCUT2D eigenvalue weighted by Gasteiger charge is 2.23. The minimum atomic E-state index is -0.987. The quantitative estimate of drug-likeness (QED) is 0.641. The lowest BCUT2D eigenvalue weighted by atomic mass is 10.0. The number of nitrogens with two attached hydrogens (primary N) is 1. The van der Waals surface area contributed by atoms with Crippen molar-refractivity contribution in [2.45, 2.75) is 0 Å². The number of nitrogens with zero attached hydrogens (tertiary/aromatic N) is 4. The minimum absolute atomic E-state index is 0.0111. The maximum Gasteiger partial charge on any atom is 0.271 e. The van der Waals surface area contributed by atoms with Crippen LogP contribution in [0.25, 0.3) is 11.1 Å². The predicted molar refractivity (Wildman–Crippen MR) is 106 cm³/mol. The molecular weight excluding hydrogens is 413 g/mol. The van der Waals surface area contributed by atoms with Crippen molar-refractivity contribution >= 4 is 23.1 Å². The summed E-state index contributed by atoms with van der Waals surface area (Å²) in [5.74, 6) is -3.33. The number of carbonyl (C=O) groups excluding carboxylic acids is 1. The molecule has 1 aromatic carbocycles. The van der Waals surface area contributed by atoms with Crippen LogP contribution in [-0.2, 0) is 4.74 Å². The Hall–Kier alpha value is -3.73. The van der Waals surface area contributed by atoms with Crippen molar-refractivity contribution in [1.82, 2.24) is 15.2 Å². The summed E-state index contributed by atoms with van der Waals surface area (Å²) < 4.78 is 48.8. The van der Waals surface area contributed by atoms with Gasteiger partial charge in [-0.15, -0.1) is 5.10 Å². The van der Waals surface area contributed by atoms with Gasteiger partial charge >= 0.3 is 0 Å². The number of benzene rings is 1. The number of aromatic nitrogens is 3. The second-order valence-corrected chi connectivity index (χ2v) is 6.69. The Bertz CT molecular complexity index is 1120. The molecule has 1 fully saturated rings. The van der Waals surface area contributed by atoms with Gasteiger partial charge in [0.05, 0.1) is 42.5 Å². The fourth-order valence-electron chi connectivity index (χ4n) is 3.29. The molecule has 160 valence electrons. The van der Waals surface area contributed by atoms with Crippen LogP contribution in [0.3, 0.4) is 0 Å². The Balaban J connectivity index is 1.76. The third kappa shape index (κ3) is 4.12. The Morgan fingerprint density at radius 3 is 2.45 bits per heavy atom. The summed E-state index contributed by atoms with van der Waals surface area (Å²) >= 11 is 0. The molecule has 3 N–H and O–H groups in total. The van der Waals surface area contributed by atoms with Crippen molar-refractivity contribution in [3.63, 3.8) is 0 Å². The molecule has 0 bridgehead atoms. The van der Waals surface area contributed by atoms with Crippen molar-refractivity contribution in [3.8, 4) is 11.1 Å². The summed E-state index contributed by atoms with van der Waals surface area (Å²) in [5.41, 5.74) is 4.58. The number of hydrogen-bond donors (Lipinski definition) is 2. The number of nitrogens with one attached hydrogen (secondary N) is 1. The van der Waals surface area contributed by atoms with E-state index in [4.69, 9.17) is 10.5 Å². The van der Waals surface area contributed by atoms with Crippen LogP contribution in [0.1, 0.15) is 10.5 Å². The van der Waals surface area contributed by atoms with Crippen molar-refractivity contribution in [1.29, 1.82) is 0 Å². The van der Waals surface area contributed by atoms with Crippen LogP contribution in [0.4, 0.5) is 30.4 Å². The van der Waals surface area contributed by atoms with Gasteiger partial charge in [0, 0.05) is 24.7 Å². The normalized spacial score (nSPS) is 13.8. The zero-order valence-electron chi connectivity index (χ0n) is 16.1.